The van der Waals surface area contributed by atoms with Crippen LogP contribution in [-0.2, 0) is 9.09 Å². The Morgan fingerprint density at radius 2 is 1.85 bits per heavy atom. The number of hydrogen-bond acceptors (Lipinski definition) is 3. The summed E-state index contributed by atoms with van der Waals surface area (Å²) in [7, 11) is -4.66. The minimum absolute atomic E-state index is 0. The Kier molecular flexibility index (Phi) is 9.75. The van der Waals surface area contributed by atoms with Crippen molar-refractivity contribution in [3.63, 3.8) is 0 Å². The van der Waals surface area contributed by atoms with Crippen molar-refractivity contribution >= 4 is 7.82 Å². The van der Waals surface area contributed by atoms with Crippen LogP contribution >= 0.6 is 7.82 Å². The van der Waals surface area contributed by atoms with Crippen LogP contribution in [0.15, 0.2) is 11.6 Å². The Bertz CT molecular complexity index is 763. The largest absolute Gasteiger partial charge is 1.00 e. The molecule has 0 bridgehead atoms. The molecule has 4 rings (SSSR count). The van der Waals surface area contributed by atoms with Crippen molar-refractivity contribution in [2.24, 2.45) is 46.3 Å². The molecule has 1 N–H and O–H groups in total. The molecule has 9 atom stereocenters. The molecule has 4 aliphatic carbocycles. The van der Waals surface area contributed by atoms with Crippen LogP contribution in [-0.4, -0.2) is 11.0 Å². The summed E-state index contributed by atoms with van der Waals surface area (Å²) < 4.78 is 16.2. The van der Waals surface area contributed by atoms with Gasteiger partial charge in [-0.25, -0.2) is 0 Å². The fourth-order valence-electron chi connectivity index (χ4n) is 8.93. The van der Waals surface area contributed by atoms with Gasteiger partial charge in [-0.15, -0.1) is 0 Å². The minimum Gasteiger partial charge on any atom is -0.756 e. The standard InChI is InChI=1S/C27H47O4P.K/c1-18(2)7-6-8-19(3)23-11-12-24-22-10-9-20-17-21(31-32(28,29)30)13-15-26(20,4)25(22)14-16-27(23,24)5;/h9,18-19,21-25H,6-8,10-17H2,1-5H3,(H2,28,29,30);/q;+1/p-1/t19-,21+,22?,23-,24+,25+,26+,27-;/m1./s1. The maximum absolute atomic E-state index is 11.3. The van der Waals surface area contributed by atoms with Gasteiger partial charge in [0.25, 0.3) is 7.82 Å². The molecular weight excluding hydrogens is 458 g/mol. The Morgan fingerprint density at radius 3 is 2.52 bits per heavy atom. The molecule has 3 saturated carbocycles. The maximum Gasteiger partial charge on any atom is 1.00 e. The van der Waals surface area contributed by atoms with Crippen LogP contribution in [0.2, 0.25) is 0 Å². The quantitative estimate of drug-likeness (QED) is 0.325. The molecule has 0 spiro atoms. The zero-order valence-electron chi connectivity index (χ0n) is 22.0. The van der Waals surface area contributed by atoms with Crippen molar-refractivity contribution in [1.82, 2.24) is 0 Å². The number of hydrogen-bond donors (Lipinski definition) is 1. The van der Waals surface area contributed by atoms with Gasteiger partial charge in [0.2, 0.25) is 0 Å². The van der Waals surface area contributed by atoms with E-state index in [0.29, 0.717) is 17.8 Å². The fourth-order valence-corrected chi connectivity index (χ4v) is 9.49. The van der Waals surface area contributed by atoms with E-state index in [2.05, 4.69) is 40.7 Å². The van der Waals surface area contributed by atoms with E-state index in [0.717, 1.165) is 48.9 Å². The number of allylic oxidation sites excluding steroid dienone is 1. The summed E-state index contributed by atoms with van der Waals surface area (Å²) in [6.45, 7) is 12.3. The number of rotatable bonds is 7. The summed E-state index contributed by atoms with van der Waals surface area (Å²) in [5.74, 6) is 4.84. The van der Waals surface area contributed by atoms with Gasteiger partial charge in [0.05, 0.1) is 6.10 Å². The molecule has 0 heterocycles. The van der Waals surface area contributed by atoms with E-state index < -0.39 is 13.9 Å². The second kappa shape index (κ2) is 11.1. The van der Waals surface area contributed by atoms with Crippen molar-refractivity contribution < 1.29 is 70.3 Å². The van der Waals surface area contributed by atoms with E-state index in [1.165, 1.54) is 50.5 Å². The molecule has 4 nitrogen and oxygen atoms in total. The summed E-state index contributed by atoms with van der Waals surface area (Å²) in [5, 5.41) is 0. The van der Waals surface area contributed by atoms with Crippen LogP contribution in [0.1, 0.15) is 105 Å². The van der Waals surface area contributed by atoms with Crippen molar-refractivity contribution in [2.45, 2.75) is 111 Å². The predicted molar refractivity (Wildman–Crippen MR) is 128 cm³/mol. The molecule has 0 aliphatic heterocycles. The molecule has 3 fully saturated rings. The molecular formula is C27H46KO4P. The normalized spacial score (nSPS) is 42.9. The zero-order valence-corrected chi connectivity index (χ0v) is 26.0. The van der Waals surface area contributed by atoms with Crippen LogP contribution in [0.25, 0.3) is 0 Å². The molecule has 0 saturated heterocycles. The van der Waals surface area contributed by atoms with Crippen molar-refractivity contribution in [2.75, 3.05) is 0 Å². The molecule has 0 amide bonds. The van der Waals surface area contributed by atoms with Crippen LogP contribution in [0, 0.1) is 46.3 Å². The SMILES string of the molecule is CC(C)CCC[C@@H](C)[C@H]1CC[C@H]2C3CC=C4C[C@@H](OP(=O)([O-])O)CC[C@]4(C)[C@H]3CC[C@]12C.[K+]. The Morgan fingerprint density at radius 1 is 1.12 bits per heavy atom. The maximum atomic E-state index is 11.3. The van der Waals surface area contributed by atoms with Crippen LogP contribution < -0.4 is 56.3 Å². The van der Waals surface area contributed by atoms with Crippen molar-refractivity contribution in [1.29, 1.82) is 0 Å². The summed E-state index contributed by atoms with van der Waals surface area (Å²) in [5.41, 5.74) is 2.06. The molecule has 6 heteroatoms. The first-order chi connectivity index (χ1) is 14.9. The number of fused-ring (bicyclic) bond motifs is 5. The van der Waals surface area contributed by atoms with E-state index >= 15 is 0 Å². The first kappa shape index (κ1) is 29.0. The monoisotopic (exact) mass is 504 g/mol. The van der Waals surface area contributed by atoms with Gasteiger partial charge in [0.15, 0.2) is 0 Å². The van der Waals surface area contributed by atoms with E-state index in [1.807, 2.05) is 0 Å². The second-order valence-corrected chi connectivity index (χ2v) is 13.9. The first-order valence-corrected chi connectivity index (χ1v) is 14.9. The third kappa shape index (κ3) is 5.98. The van der Waals surface area contributed by atoms with Gasteiger partial charge in [0, 0.05) is 0 Å². The van der Waals surface area contributed by atoms with Crippen LogP contribution in [0.5, 0.6) is 0 Å². The molecule has 0 aromatic carbocycles. The van der Waals surface area contributed by atoms with Gasteiger partial charge in [-0.3, -0.25) is 4.57 Å². The third-order valence-corrected chi connectivity index (χ3v) is 11.1. The van der Waals surface area contributed by atoms with Gasteiger partial charge in [-0.1, -0.05) is 65.5 Å². The topological polar surface area (TPSA) is 69.6 Å². The molecule has 0 aromatic heterocycles. The molecule has 184 valence electrons. The zero-order chi connectivity index (χ0) is 23.3. The summed E-state index contributed by atoms with van der Waals surface area (Å²) in [6.07, 6.45) is 15.1. The molecule has 4 aliphatic rings. The van der Waals surface area contributed by atoms with Gasteiger partial charge < -0.3 is 14.3 Å². The Hall–Kier alpha value is 1.49. The van der Waals surface area contributed by atoms with Gasteiger partial charge >= 0.3 is 51.4 Å². The van der Waals surface area contributed by atoms with Gasteiger partial charge in [-0.05, 0) is 97.7 Å². The second-order valence-electron chi connectivity index (χ2n) is 12.7. The predicted octanol–water partition coefficient (Wildman–Crippen LogP) is 3.88. The molecule has 33 heavy (non-hydrogen) atoms. The van der Waals surface area contributed by atoms with E-state index in [1.54, 1.807) is 0 Å². The van der Waals surface area contributed by atoms with Gasteiger partial charge in [-0.2, -0.15) is 0 Å². The van der Waals surface area contributed by atoms with Crippen molar-refractivity contribution in [3.8, 4) is 0 Å². The van der Waals surface area contributed by atoms with Crippen molar-refractivity contribution in [3.05, 3.63) is 11.6 Å². The first-order valence-electron chi connectivity index (χ1n) is 13.4. The third-order valence-electron chi connectivity index (χ3n) is 10.5. The Balaban J connectivity index is 0.00000306. The fraction of sp³-hybridized carbons (Fsp3) is 0.926. The average Bonchev–Trinajstić information content (AvgIpc) is 3.04. The summed E-state index contributed by atoms with van der Waals surface area (Å²) >= 11 is 0. The molecule has 2 unspecified atom stereocenters. The van der Waals surface area contributed by atoms with E-state index in [9.17, 15) is 9.46 Å². The Labute approximate surface area is 245 Å². The smallest absolute Gasteiger partial charge is 0.756 e. The van der Waals surface area contributed by atoms with Gasteiger partial charge in [0.1, 0.15) is 0 Å². The molecule has 0 aromatic rings. The average molecular weight is 505 g/mol. The van der Waals surface area contributed by atoms with E-state index in [4.69, 9.17) is 9.42 Å². The minimum atomic E-state index is -4.66. The number of phosphoric ester groups is 1. The van der Waals surface area contributed by atoms with Crippen LogP contribution in [0.4, 0.5) is 0 Å². The van der Waals surface area contributed by atoms with E-state index in [-0.39, 0.29) is 56.8 Å². The van der Waals surface area contributed by atoms with Crippen LogP contribution in [0.3, 0.4) is 0 Å². The molecule has 0 radical (unpaired) electrons. The summed E-state index contributed by atoms with van der Waals surface area (Å²) in [4.78, 5) is 20.4. The number of phosphoric acid groups is 1. The summed E-state index contributed by atoms with van der Waals surface area (Å²) in [6, 6.07) is 0.